The lowest BCUT2D eigenvalue weighted by Crippen LogP contribution is -2.54. The van der Waals surface area contributed by atoms with Gasteiger partial charge in [-0.2, -0.15) is 9.97 Å². The van der Waals surface area contributed by atoms with E-state index in [2.05, 4.69) is 37.4 Å². The number of aromatic hydroxyl groups is 1. The Kier molecular flexibility index (Phi) is 10.5. The van der Waals surface area contributed by atoms with E-state index in [9.17, 15) is 29.1 Å². The fourth-order valence-electron chi connectivity index (χ4n) is 11.8. The molecule has 6 saturated heterocycles. The minimum atomic E-state index is -1.05. The molecule has 19 heteroatoms. The van der Waals surface area contributed by atoms with Crippen LogP contribution in [0.2, 0.25) is 0 Å². The average Bonchev–Trinajstić information content (AvgIpc) is 4.19. The van der Waals surface area contributed by atoms with Crippen LogP contribution in [0.15, 0.2) is 60.8 Å². The van der Waals surface area contributed by atoms with Gasteiger partial charge in [0.05, 0.1) is 36.1 Å². The number of rotatable bonds is 12. The number of likely N-dealkylation sites (N-methyl/N-ethyl adjacent to an activating group) is 1. The Balaban J connectivity index is 0.655. The van der Waals surface area contributed by atoms with Crippen LogP contribution >= 0.6 is 0 Å². The monoisotopic (exact) mass is 939 g/mol. The van der Waals surface area contributed by atoms with Gasteiger partial charge in [-0.05, 0) is 86.9 Å². The van der Waals surface area contributed by atoms with Crippen LogP contribution in [0.3, 0.4) is 0 Å². The van der Waals surface area contributed by atoms with E-state index in [0.29, 0.717) is 54.0 Å². The van der Waals surface area contributed by atoms with Gasteiger partial charge in [-0.1, -0.05) is 24.3 Å². The molecule has 5 aromatic rings. The molecule has 12 rings (SSSR count). The largest absolute Gasteiger partial charge is 0.508 e. The Bertz CT molecular complexity index is 2980. The Morgan fingerprint density at radius 1 is 0.913 bits per heavy atom. The summed E-state index contributed by atoms with van der Waals surface area (Å²) >= 11 is 0. The van der Waals surface area contributed by atoms with Crippen molar-refractivity contribution < 1.29 is 47.4 Å². The molecule has 7 aliphatic heterocycles. The number of pyridine rings is 1. The highest BCUT2D eigenvalue weighted by molar-refractivity contribution is 6.23. The van der Waals surface area contributed by atoms with E-state index in [4.69, 9.17) is 19.4 Å². The number of halogens is 1. The number of imide groups is 2. The highest BCUT2D eigenvalue weighted by Crippen LogP contribution is 2.52. The summed E-state index contributed by atoms with van der Waals surface area (Å²) in [6, 6.07) is 15.8. The third-order valence-electron chi connectivity index (χ3n) is 15.8. The van der Waals surface area contributed by atoms with Crippen molar-refractivity contribution in [2.45, 2.75) is 62.3 Å². The Labute approximate surface area is 395 Å². The lowest BCUT2D eigenvalue weighted by atomic mass is 9.94. The summed E-state index contributed by atoms with van der Waals surface area (Å²) < 4.78 is 30.4. The van der Waals surface area contributed by atoms with Crippen LogP contribution in [0.5, 0.6) is 17.5 Å². The number of carbonyl (C=O) groups excluding carboxylic acids is 5. The van der Waals surface area contributed by atoms with Crippen LogP contribution < -0.4 is 25.0 Å². The maximum Gasteiger partial charge on any atom is 0.319 e. The van der Waals surface area contributed by atoms with E-state index in [1.54, 1.807) is 24.4 Å². The maximum atomic E-state index is 16.9. The number of hydrogen-bond donors (Lipinski definition) is 3. The highest BCUT2D eigenvalue weighted by Gasteiger charge is 2.75. The first-order chi connectivity index (χ1) is 33.4. The van der Waals surface area contributed by atoms with Crippen LogP contribution in [0, 0.1) is 11.7 Å². The van der Waals surface area contributed by atoms with Gasteiger partial charge in [0, 0.05) is 42.7 Å². The van der Waals surface area contributed by atoms with Crippen molar-refractivity contribution in [3.8, 4) is 28.8 Å². The molecular formula is C50H52FN10O8+. The number of piperidine rings is 2. The number of benzene rings is 3. The molecule has 3 aromatic carbocycles. The van der Waals surface area contributed by atoms with Crippen LogP contribution in [-0.2, 0) is 14.4 Å². The summed E-state index contributed by atoms with van der Waals surface area (Å²) in [7, 11) is 2.08. The molecule has 3 unspecified atom stereocenters. The van der Waals surface area contributed by atoms with Gasteiger partial charge in [0.2, 0.25) is 17.7 Å². The molecule has 2 aromatic heterocycles. The number of nitrogens with zero attached hydrogens (tertiary/aromatic N) is 8. The molecule has 7 aliphatic rings. The number of ether oxygens (including phenoxy) is 2. The van der Waals surface area contributed by atoms with Gasteiger partial charge < -0.3 is 24.8 Å². The molecular weight excluding hydrogens is 888 g/mol. The van der Waals surface area contributed by atoms with Crippen molar-refractivity contribution in [2.75, 3.05) is 77.5 Å². The normalized spacial score (nSPS) is 26.8. The summed E-state index contributed by atoms with van der Waals surface area (Å²) in [5.74, 6) is -2.06. The highest BCUT2D eigenvalue weighted by atomic mass is 19.1. The molecule has 0 bridgehead atoms. The van der Waals surface area contributed by atoms with Crippen molar-refractivity contribution in [3.05, 3.63) is 77.7 Å². The smallest absolute Gasteiger partial charge is 0.319 e. The molecule has 0 aliphatic carbocycles. The second-order valence-corrected chi connectivity index (χ2v) is 19.8. The molecule has 5 atom stereocenters. The lowest BCUT2D eigenvalue weighted by Gasteiger charge is -2.35. The summed E-state index contributed by atoms with van der Waals surface area (Å²) in [5.41, 5.74) is 1.02. The summed E-state index contributed by atoms with van der Waals surface area (Å²) in [6.45, 7) is 7.14. The third kappa shape index (κ3) is 7.66. The molecule has 9 heterocycles. The number of anilines is 1. The minimum Gasteiger partial charge on any atom is -0.508 e. The standard InChI is InChI=1S/C50H51FN10O8/c1-57-21-29(58-13-10-27(11-14-58)46(64)52-12-15-68-34-6-7-36-38(19-34)49(67)60(48(36)66)40-8-9-41(63)54-47(40)65)17-30(57)26-69-50-55-44-39(45(56-50)59-22-31-24-61(31)25-32(61)23-59)20-53-43(42(44)51)37-18-33(62)16-28-4-2-3-5-35(28)37/h2-7,16,18-20,27,29-32,40H,8-15,17,21-26H2,1H3,(H2-,52,54,62,63,64,65)/p+1/t29-,30-,31?,32?,40?,61?/m1/s1. The second kappa shape index (κ2) is 16.7. The fraction of sp³-hybridized carbons (Fsp3) is 0.440. The zero-order chi connectivity index (χ0) is 47.3. The SMILES string of the molecule is CN1C[C@H](N2CCC(C(=O)NCCOc3ccc4c(c3)C(=O)N(C3CCC(=O)NC3=O)C4=O)CC2)C[C@@H]1COc1nc(N2CC3C[N+]34CC4C2)c2cnc(-c3cc(O)cc4ccccc34)c(F)c2n1. The Morgan fingerprint density at radius 3 is 2.49 bits per heavy atom. The Morgan fingerprint density at radius 2 is 1.70 bits per heavy atom. The fourth-order valence-corrected chi connectivity index (χ4v) is 11.8. The van der Waals surface area contributed by atoms with Crippen molar-refractivity contribution in [1.82, 2.24) is 40.3 Å². The van der Waals surface area contributed by atoms with Crippen molar-refractivity contribution in [3.63, 3.8) is 0 Å². The number of carbonyl (C=O) groups is 5. The van der Waals surface area contributed by atoms with E-state index < -0.39 is 35.5 Å². The van der Waals surface area contributed by atoms with Gasteiger partial charge in [0.15, 0.2) is 17.9 Å². The van der Waals surface area contributed by atoms with E-state index in [0.717, 1.165) is 54.8 Å². The second-order valence-electron chi connectivity index (χ2n) is 19.8. The van der Waals surface area contributed by atoms with E-state index in [1.807, 2.05) is 24.3 Å². The summed E-state index contributed by atoms with van der Waals surface area (Å²) in [4.78, 5) is 85.7. The molecule has 3 N–H and O–H groups in total. The average molecular weight is 940 g/mol. The van der Waals surface area contributed by atoms with Gasteiger partial charge in [-0.25, -0.2) is 4.39 Å². The predicted molar refractivity (Wildman–Crippen MR) is 248 cm³/mol. The quantitative estimate of drug-likeness (QED) is 0.0714. The number of piperazine rings is 1. The van der Waals surface area contributed by atoms with Crippen LogP contribution in [0.25, 0.3) is 32.9 Å². The van der Waals surface area contributed by atoms with Crippen LogP contribution in [-0.4, -0.2) is 172 Å². The van der Waals surface area contributed by atoms with Crippen LogP contribution in [0.4, 0.5) is 10.2 Å². The third-order valence-corrected chi connectivity index (χ3v) is 15.8. The number of hydrogen-bond acceptors (Lipinski definition) is 14. The topological polar surface area (TPSA) is 200 Å². The number of phenolic OH excluding ortho intramolecular Hbond substituents is 1. The Hall–Kier alpha value is -6.83. The zero-order valence-corrected chi connectivity index (χ0v) is 38.1. The number of fused-ring (bicyclic) bond motifs is 3. The van der Waals surface area contributed by atoms with Crippen LogP contribution in [0.1, 0.15) is 52.8 Å². The van der Waals surface area contributed by atoms with E-state index >= 15 is 4.39 Å². The molecule has 69 heavy (non-hydrogen) atoms. The van der Waals surface area contributed by atoms with Crippen molar-refractivity contribution >= 4 is 57.0 Å². The number of aromatic nitrogens is 3. The van der Waals surface area contributed by atoms with Gasteiger partial charge in [-0.3, -0.25) is 53.5 Å². The predicted octanol–water partition coefficient (Wildman–Crippen LogP) is 2.85. The maximum absolute atomic E-state index is 16.9. The molecule has 1 spiro atoms. The first-order valence-electron chi connectivity index (χ1n) is 24.0. The summed E-state index contributed by atoms with van der Waals surface area (Å²) in [6.07, 6.45) is 4.05. The number of phenols is 1. The first kappa shape index (κ1) is 43.5. The van der Waals surface area contributed by atoms with Gasteiger partial charge in [0.25, 0.3) is 11.8 Å². The molecule has 0 radical (unpaired) electrons. The number of quaternary nitrogens is 1. The zero-order valence-electron chi connectivity index (χ0n) is 38.1. The van der Waals surface area contributed by atoms with E-state index in [-0.39, 0.29) is 84.0 Å². The molecule has 0 saturated carbocycles. The molecule has 5 amide bonds. The van der Waals surface area contributed by atoms with Gasteiger partial charge >= 0.3 is 6.01 Å². The molecule has 6 fully saturated rings. The lowest BCUT2D eigenvalue weighted by molar-refractivity contribution is -0.684. The summed E-state index contributed by atoms with van der Waals surface area (Å²) in [5, 5.41) is 17.9. The van der Waals surface area contributed by atoms with Crippen molar-refractivity contribution in [1.29, 1.82) is 0 Å². The first-order valence-corrected chi connectivity index (χ1v) is 24.0. The molecule has 18 nitrogen and oxygen atoms in total. The minimum absolute atomic E-state index is 0.0222. The molecule has 356 valence electrons. The van der Waals surface area contributed by atoms with Gasteiger partial charge in [-0.15, -0.1) is 0 Å². The van der Waals surface area contributed by atoms with Crippen molar-refractivity contribution in [2.24, 2.45) is 5.92 Å². The number of nitrogens with one attached hydrogen (secondary N) is 2. The van der Waals surface area contributed by atoms with Gasteiger partial charge in [0.1, 0.15) is 60.9 Å². The van der Waals surface area contributed by atoms with E-state index in [1.165, 1.54) is 29.7 Å². The number of amides is 5. The number of likely N-dealkylation sites (tertiary alicyclic amines) is 2.